The summed E-state index contributed by atoms with van der Waals surface area (Å²) in [4.78, 5) is 12.2. The van der Waals surface area contributed by atoms with Crippen LogP contribution in [0.25, 0.3) is 0 Å². The lowest BCUT2D eigenvalue weighted by Crippen LogP contribution is -2.01. The number of rotatable bonds is 1. The molecule has 2 N–H and O–H groups in total. The molecule has 2 aromatic carbocycles. The summed E-state index contributed by atoms with van der Waals surface area (Å²) in [6.45, 7) is 4.39. The van der Waals surface area contributed by atoms with E-state index >= 15 is 0 Å². The van der Waals surface area contributed by atoms with Gasteiger partial charge in [-0.2, -0.15) is 0 Å². The molecule has 0 saturated heterocycles. The van der Waals surface area contributed by atoms with Crippen LogP contribution in [0.1, 0.15) is 21.5 Å². The molecule has 0 saturated carbocycles. The van der Waals surface area contributed by atoms with Gasteiger partial charge in [0, 0.05) is 17.7 Å². The van der Waals surface area contributed by atoms with E-state index in [4.69, 9.17) is 10.5 Å². The number of benzene rings is 2. The Morgan fingerprint density at radius 3 is 2.40 bits per heavy atom. The molecule has 3 nitrogen and oxygen atoms in total. The van der Waals surface area contributed by atoms with Crippen molar-refractivity contribution in [2.45, 2.75) is 6.61 Å². The van der Waals surface area contributed by atoms with E-state index < -0.39 is 0 Å². The van der Waals surface area contributed by atoms with Crippen LogP contribution in [-0.2, 0) is 6.61 Å². The van der Waals surface area contributed by atoms with Crippen molar-refractivity contribution in [3.8, 4) is 5.75 Å². The molecule has 0 aromatic heterocycles. The van der Waals surface area contributed by atoms with Gasteiger partial charge < -0.3 is 10.5 Å². The maximum absolute atomic E-state index is 12.2. The molecule has 0 spiro atoms. The van der Waals surface area contributed by atoms with Gasteiger partial charge >= 0.3 is 0 Å². The molecular weight excluding hydrogens is 250 g/mol. The van der Waals surface area contributed by atoms with E-state index in [0.717, 1.165) is 11.1 Å². The highest BCUT2D eigenvalue weighted by Crippen LogP contribution is 2.27. The van der Waals surface area contributed by atoms with Gasteiger partial charge in [0.25, 0.3) is 0 Å². The number of carbonyl (C=O) groups excluding carboxylic acids is 1. The number of hydrogen-bond donors (Lipinski definition) is 1. The molecule has 0 radical (unpaired) electrons. The average molecular weight is 267 g/mol. The van der Waals surface area contributed by atoms with E-state index in [2.05, 4.69) is 6.58 Å². The molecule has 20 heavy (non-hydrogen) atoms. The van der Waals surface area contributed by atoms with Crippen molar-refractivity contribution in [1.29, 1.82) is 0 Å². The van der Waals surface area contributed by atoms with Crippen LogP contribution in [0.5, 0.6) is 5.75 Å². The zero-order valence-corrected chi connectivity index (χ0v) is 11.2. The summed E-state index contributed by atoms with van der Waals surface area (Å²) in [5.74, 6) is 0.715. The lowest BCUT2D eigenvalue weighted by molar-refractivity contribution is 0.103. The number of carbonyl (C=O) groups is 1. The van der Waals surface area contributed by atoms with Crippen molar-refractivity contribution in [3.05, 3.63) is 77.9 Å². The first kappa shape index (κ1) is 14.0. The number of fused-ring (bicyclic) bond motifs is 2. The molecule has 0 bridgehead atoms. The second-order valence-electron chi connectivity index (χ2n) is 4.30. The number of hydrogen-bond acceptors (Lipinski definition) is 3. The predicted octanol–water partition coefficient (Wildman–Crippen LogP) is 2.94. The number of ether oxygens (including phenoxy) is 1. The Labute approximate surface area is 118 Å². The Kier molecular flexibility index (Phi) is 4.69. The number of nitrogens with two attached hydrogens (primary N) is 1. The monoisotopic (exact) mass is 267 g/mol. The quantitative estimate of drug-likeness (QED) is 0.808. The van der Waals surface area contributed by atoms with Crippen molar-refractivity contribution < 1.29 is 9.53 Å². The van der Waals surface area contributed by atoms with E-state index in [0.29, 0.717) is 24.5 Å². The van der Waals surface area contributed by atoms with Crippen molar-refractivity contribution in [2.75, 3.05) is 6.54 Å². The molecule has 0 aliphatic carbocycles. The van der Waals surface area contributed by atoms with Crippen molar-refractivity contribution >= 4 is 5.78 Å². The summed E-state index contributed by atoms with van der Waals surface area (Å²) in [6, 6.07) is 15.0. The Bertz CT molecular complexity index is 570. The minimum absolute atomic E-state index is 0.0451. The molecule has 2 aromatic rings. The fraction of sp³-hybridized carbons (Fsp3) is 0.118. The van der Waals surface area contributed by atoms with Crippen LogP contribution in [0.15, 0.2) is 61.2 Å². The first-order chi connectivity index (χ1) is 9.77. The lowest BCUT2D eigenvalue weighted by Gasteiger charge is -2.04. The molecule has 0 amide bonds. The zero-order chi connectivity index (χ0) is 14.4. The Balaban J connectivity index is 0.000000328. The number of ketones is 1. The lowest BCUT2D eigenvalue weighted by atomic mass is 9.99. The van der Waals surface area contributed by atoms with E-state index in [1.807, 2.05) is 42.5 Å². The molecule has 102 valence electrons. The molecule has 1 aliphatic rings. The van der Waals surface area contributed by atoms with Crippen LogP contribution in [0.2, 0.25) is 0 Å². The van der Waals surface area contributed by atoms with E-state index in [1.54, 1.807) is 12.1 Å². The van der Waals surface area contributed by atoms with Gasteiger partial charge in [-0.25, -0.2) is 0 Å². The summed E-state index contributed by atoms with van der Waals surface area (Å²) in [5, 5.41) is 0. The Morgan fingerprint density at radius 1 is 1.10 bits per heavy atom. The van der Waals surface area contributed by atoms with Crippen LogP contribution < -0.4 is 10.5 Å². The van der Waals surface area contributed by atoms with E-state index in [9.17, 15) is 4.79 Å². The second kappa shape index (κ2) is 6.68. The minimum Gasteiger partial charge on any atom is -0.488 e. The third-order valence-corrected chi connectivity index (χ3v) is 2.94. The van der Waals surface area contributed by atoms with Gasteiger partial charge in [0.1, 0.15) is 12.4 Å². The van der Waals surface area contributed by atoms with Crippen LogP contribution >= 0.6 is 0 Å². The van der Waals surface area contributed by atoms with Gasteiger partial charge in [0.05, 0.1) is 5.56 Å². The highest BCUT2D eigenvalue weighted by Gasteiger charge is 2.20. The van der Waals surface area contributed by atoms with Gasteiger partial charge in [-0.15, -0.1) is 6.58 Å². The van der Waals surface area contributed by atoms with Crippen LogP contribution in [0.3, 0.4) is 0 Å². The molecule has 3 rings (SSSR count). The Morgan fingerprint density at radius 2 is 1.70 bits per heavy atom. The van der Waals surface area contributed by atoms with Crippen molar-refractivity contribution in [2.24, 2.45) is 5.73 Å². The predicted molar refractivity (Wildman–Crippen MR) is 79.9 cm³/mol. The molecule has 1 aliphatic heterocycles. The second-order valence-corrected chi connectivity index (χ2v) is 4.30. The summed E-state index contributed by atoms with van der Waals surface area (Å²) in [5.41, 5.74) is 7.25. The van der Waals surface area contributed by atoms with Gasteiger partial charge in [0.15, 0.2) is 5.78 Å². The third-order valence-electron chi connectivity index (χ3n) is 2.94. The maximum atomic E-state index is 12.2. The van der Waals surface area contributed by atoms with E-state index in [-0.39, 0.29) is 5.78 Å². The molecular formula is C17H17NO2. The summed E-state index contributed by atoms with van der Waals surface area (Å²) < 4.78 is 5.62. The fourth-order valence-electron chi connectivity index (χ4n) is 1.95. The standard InChI is InChI=1S/C14H10O2.C3H7N/c15-14-11-6-2-1-5-10(11)9-16-13-8-4-3-7-12(13)14;1-2-3-4/h1-8H,9H2;2H,1,3-4H2. The average Bonchev–Trinajstić information content (AvgIpc) is 2.66. The Hall–Kier alpha value is -2.39. The van der Waals surface area contributed by atoms with Crippen LogP contribution in [-0.4, -0.2) is 12.3 Å². The smallest absolute Gasteiger partial charge is 0.197 e. The summed E-state index contributed by atoms with van der Waals surface area (Å²) in [7, 11) is 0. The third kappa shape index (κ3) is 2.95. The van der Waals surface area contributed by atoms with Crippen molar-refractivity contribution in [3.63, 3.8) is 0 Å². The van der Waals surface area contributed by atoms with Gasteiger partial charge in [-0.3, -0.25) is 4.79 Å². The van der Waals surface area contributed by atoms with Gasteiger partial charge in [0.2, 0.25) is 0 Å². The fourth-order valence-corrected chi connectivity index (χ4v) is 1.95. The topological polar surface area (TPSA) is 52.3 Å². The maximum Gasteiger partial charge on any atom is 0.197 e. The first-order valence-corrected chi connectivity index (χ1v) is 6.43. The highest BCUT2D eigenvalue weighted by atomic mass is 16.5. The highest BCUT2D eigenvalue weighted by molar-refractivity contribution is 6.11. The molecule has 0 unspecified atom stereocenters. The normalized spacial score (nSPS) is 11.9. The SMILES string of the molecule is C=CCN.O=C1c2ccccc2COc2ccccc21. The molecule has 1 heterocycles. The molecule has 0 fully saturated rings. The van der Waals surface area contributed by atoms with Gasteiger partial charge in [-0.1, -0.05) is 42.5 Å². The molecule has 0 atom stereocenters. The molecule has 3 heteroatoms. The van der Waals surface area contributed by atoms with Crippen molar-refractivity contribution in [1.82, 2.24) is 0 Å². The number of para-hydroxylation sites is 1. The summed E-state index contributed by atoms with van der Waals surface area (Å²) >= 11 is 0. The van der Waals surface area contributed by atoms with Crippen LogP contribution in [0.4, 0.5) is 0 Å². The largest absolute Gasteiger partial charge is 0.488 e. The van der Waals surface area contributed by atoms with E-state index in [1.165, 1.54) is 0 Å². The minimum atomic E-state index is 0.0451. The van der Waals surface area contributed by atoms with Gasteiger partial charge in [-0.05, 0) is 12.1 Å². The van der Waals surface area contributed by atoms with Crippen LogP contribution in [0, 0.1) is 0 Å². The summed E-state index contributed by atoms with van der Waals surface area (Å²) in [6.07, 6.45) is 1.65. The zero-order valence-electron chi connectivity index (χ0n) is 11.2. The first-order valence-electron chi connectivity index (χ1n) is 6.43.